The minimum absolute atomic E-state index is 0.0453. The van der Waals surface area contributed by atoms with Gasteiger partial charge in [-0.05, 0) is 47.4 Å². The van der Waals surface area contributed by atoms with Gasteiger partial charge in [0.1, 0.15) is 0 Å². The first kappa shape index (κ1) is 16.1. The smallest absolute Gasteiger partial charge is 0.228 e. The fourth-order valence-electron chi connectivity index (χ4n) is 3.69. The monoisotopic (exact) mass is 347 g/mol. The van der Waals surface area contributed by atoms with Crippen molar-refractivity contribution in [2.24, 2.45) is 0 Å². The Morgan fingerprint density at radius 3 is 2.60 bits per heavy atom. The zero-order valence-electron chi connectivity index (χ0n) is 14.0. The molecule has 2 nitrogen and oxygen atoms in total. The highest BCUT2D eigenvalue weighted by Gasteiger charge is 2.28. The first-order valence-electron chi connectivity index (χ1n) is 8.79. The van der Waals surface area contributed by atoms with Crippen LogP contribution in [0.3, 0.4) is 0 Å². The first-order valence-corrected chi connectivity index (χ1v) is 9.67. The van der Waals surface area contributed by atoms with E-state index < -0.39 is 0 Å². The molecule has 1 aromatic heterocycles. The average Bonchev–Trinajstić information content (AvgIpc) is 3.20. The summed E-state index contributed by atoms with van der Waals surface area (Å²) in [4.78, 5) is 14.3. The molecular weight excluding hydrogens is 326 g/mol. The maximum Gasteiger partial charge on any atom is 0.228 e. The zero-order valence-corrected chi connectivity index (χ0v) is 14.8. The molecule has 126 valence electrons. The van der Waals surface area contributed by atoms with Crippen LogP contribution in [0.25, 0.3) is 0 Å². The van der Waals surface area contributed by atoms with E-state index in [4.69, 9.17) is 0 Å². The summed E-state index contributed by atoms with van der Waals surface area (Å²) < 4.78 is 0. The van der Waals surface area contributed by atoms with E-state index >= 15 is 0 Å². The van der Waals surface area contributed by atoms with Crippen molar-refractivity contribution >= 4 is 17.2 Å². The second-order valence-electron chi connectivity index (χ2n) is 6.51. The Morgan fingerprint density at radius 1 is 1.00 bits per heavy atom. The Bertz CT molecular complexity index is 841. The molecule has 0 aliphatic heterocycles. The lowest BCUT2D eigenvalue weighted by Gasteiger charge is -2.27. The molecule has 0 saturated heterocycles. The van der Waals surface area contributed by atoms with Crippen LogP contribution in [0.2, 0.25) is 0 Å². The molecule has 2 atom stereocenters. The molecule has 25 heavy (non-hydrogen) atoms. The number of hydrogen-bond donors (Lipinski definition) is 1. The van der Waals surface area contributed by atoms with Gasteiger partial charge in [0.15, 0.2) is 0 Å². The fraction of sp³-hybridized carbons (Fsp3) is 0.227. The molecule has 4 rings (SSSR count). The highest BCUT2D eigenvalue weighted by molar-refractivity contribution is 7.10. The van der Waals surface area contributed by atoms with Crippen molar-refractivity contribution in [3.05, 3.63) is 93.7 Å². The molecule has 0 radical (unpaired) electrons. The number of thiophene rings is 1. The van der Waals surface area contributed by atoms with Gasteiger partial charge in [0.05, 0.1) is 12.0 Å². The number of hydrogen-bond acceptors (Lipinski definition) is 2. The number of aryl methyl sites for hydroxylation is 1. The standard InChI is InChI=1S/C22H21NOS/c24-22(19-13-6-11-16-8-4-5-12-18(16)19)23-21(20-14-7-15-25-20)17-9-2-1-3-10-17/h1-5,7-10,12,14-15,19,21H,6,11,13H2,(H,23,24)/t19-,21+/m1/s1. The summed E-state index contributed by atoms with van der Waals surface area (Å²) in [6.07, 6.45) is 3.08. The molecule has 1 aliphatic rings. The normalized spacial score (nSPS) is 17.5. The van der Waals surface area contributed by atoms with Crippen molar-refractivity contribution in [2.75, 3.05) is 0 Å². The van der Waals surface area contributed by atoms with Crippen molar-refractivity contribution in [1.29, 1.82) is 0 Å². The summed E-state index contributed by atoms with van der Waals surface area (Å²) in [6.45, 7) is 0. The Hall–Kier alpha value is -2.39. The van der Waals surface area contributed by atoms with Gasteiger partial charge in [-0.1, -0.05) is 60.7 Å². The van der Waals surface area contributed by atoms with Gasteiger partial charge in [-0.3, -0.25) is 4.79 Å². The van der Waals surface area contributed by atoms with Gasteiger partial charge < -0.3 is 5.32 Å². The predicted molar refractivity (Wildman–Crippen MR) is 103 cm³/mol. The lowest BCUT2D eigenvalue weighted by atomic mass is 9.82. The molecule has 0 fully saturated rings. The summed E-state index contributed by atoms with van der Waals surface area (Å²) in [5.74, 6) is 0.0885. The molecule has 1 N–H and O–H groups in total. The van der Waals surface area contributed by atoms with Crippen molar-refractivity contribution in [3.8, 4) is 0 Å². The van der Waals surface area contributed by atoms with Crippen LogP contribution in [0.4, 0.5) is 0 Å². The maximum absolute atomic E-state index is 13.1. The molecule has 3 aromatic rings. The third-order valence-corrected chi connectivity index (χ3v) is 5.87. The van der Waals surface area contributed by atoms with Crippen LogP contribution in [0.1, 0.15) is 46.4 Å². The Kier molecular flexibility index (Phi) is 4.66. The molecule has 0 spiro atoms. The van der Waals surface area contributed by atoms with E-state index in [9.17, 15) is 4.79 Å². The van der Waals surface area contributed by atoms with E-state index in [-0.39, 0.29) is 17.9 Å². The molecule has 0 unspecified atom stereocenters. The van der Waals surface area contributed by atoms with Crippen molar-refractivity contribution in [2.45, 2.75) is 31.2 Å². The lowest BCUT2D eigenvalue weighted by Crippen LogP contribution is -2.34. The number of benzene rings is 2. The predicted octanol–water partition coefficient (Wildman–Crippen LogP) is 5.07. The van der Waals surface area contributed by atoms with Gasteiger partial charge in [0, 0.05) is 4.88 Å². The van der Waals surface area contributed by atoms with E-state index in [2.05, 4.69) is 47.1 Å². The highest BCUT2D eigenvalue weighted by atomic mass is 32.1. The van der Waals surface area contributed by atoms with Crippen LogP contribution in [0.15, 0.2) is 72.1 Å². The van der Waals surface area contributed by atoms with Gasteiger partial charge in [-0.15, -0.1) is 11.3 Å². The summed E-state index contributed by atoms with van der Waals surface area (Å²) >= 11 is 1.69. The molecule has 0 bridgehead atoms. The Labute approximate surface area is 152 Å². The second kappa shape index (κ2) is 7.24. The number of carbonyl (C=O) groups is 1. The van der Waals surface area contributed by atoms with Crippen LogP contribution in [0.5, 0.6) is 0 Å². The van der Waals surface area contributed by atoms with E-state index in [1.807, 2.05) is 30.3 Å². The van der Waals surface area contributed by atoms with Crippen molar-refractivity contribution in [1.82, 2.24) is 5.32 Å². The average molecular weight is 347 g/mol. The molecule has 2 aromatic carbocycles. The minimum Gasteiger partial charge on any atom is -0.344 e. The van der Waals surface area contributed by atoms with Crippen LogP contribution in [-0.4, -0.2) is 5.91 Å². The lowest BCUT2D eigenvalue weighted by molar-refractivity contribution is -0.123. The second-order valence-corrected chi connectivity index (χ2v) is 7.49. The number of rotatable bonds is 4. The van der Waals surface area contributed by atoms with E-state index in [1.54, 1.807) is 11.3 Å². The molecule has 0 saturated carbocycles. The van der Waals surface area contributed by atoms with Gasteiger partial charge in [0.2, 0.25) is 5.91 Å². The Morgan fingerprint density at radius 2 is 1.80 bits per heavy atom. The third kappa shape index (κ3) is 3.38. The maximum atomic E-state index is 13.1. The fourth-order valence-corrected chi connectivity index (χ4v) is 4.49. The zero-order chi connectivity index (χ0) is 17.1. The SMILES string of the molecule is O=C(N[C@@H](c1ccccc1)c1cccs1)[C@@H]1CCCc2ccccc21. The quantitative estimate of drug-likeness (QED) is 0.701. The molecular formula is C22H21NOS. The highest BCUT2D eigenvalue weighted by Crippen LogP contribution is 2.33. The van der Waals surface area contributed by atoms with Gasteiger partial charge >= 0.3 is 0 Å². The summed E-state index contributed by atoms with van der Waals surface area (Å²) in [5.41, 5.74) is 3.65. The minimum atomic E-state index is -0.0808. The summed E-state index contributed by atoms with van der Waals surface area (Å²) in [6, 6.07) is 22.7. The number of carbonyl (C=O) groups excluding carboxylic acids is 1. The van der Waals surface area contributed by atoms with Gasteiger partial charge in [-0.25, -0.2) is 0 Å². The Balaban J connectivity index is 1.62. The first-order chi connectivity index (χ1) is 12.3. The number of nitrogens with one attached hydrogen (secondary N) is 1. The van der Waals surface area contributed by atoms with Crippen molar-refractivity contribution < 1.29 is 4.79 Å². The van der Waals surface area contributed by atoms with E-state index in [0.29, 0.717) is 0 Å². The van der Waals surface area contributed by atoms with E-state index in [1.165, 1.54) is 16.0 Å². The van der Waals surface area contributed by atoms with Gasteiger partial charge in [-0.2, -0.15) is 0 Å². The largest absolute Gasteiger partial charge is 0.344 e. The van der Waals surface area contributed by atoms with Crippen LogP contribution in [0, 0.1) is 0 Å². The number of fused-ring (bicyclic) bond motifs is 1. The molecule has 1 aliphatic carbocycles. The van der Waals surface area contributed by atoms with Crippen LogP contribution >= 0.6 is 11.3 Å². The topological polar surface area (TPSA) is 29.1 Å². The summed E-state index contributed by atoms with van der Waals surface area (Å²) in [5, 5.41) is 5.38. The molecule has 1 heterocycles. The number of amides is 1. The molecule has 1 amide bonds. The van der Waals surface area contributed by atoms with Gasteiger partial charge in [0.25, 0.3) is 0 Å². The van der Waals surface area contributed by atoms with E-state index in [0.717, 1.165) is 24.8 Å². The molecule has 3 heteroatoms. The third-order valence-electron chi connectivity index (χ3n) is 4.93. The van der Waals surface area contributed by atoms with Crippen molar-refractivity contribution in [3.63, 3.8) is 0 Å². The van der Waals surface area contributed by atoms with Crippen LogP contribution < -0.4 is 5.32 Å². The van der Waals surface area contributed by atoms with Crippen LogP contribution in [-0.2, 0) is 11.2 Å². The summed E-state index contributed by atoms with van der Waals surface area (Å²) in [7, 11) is 0.